The molecule has 1 aromatic heterocycles. The molecule has 0 bridgehead atoms. The lowest BCUT2D eigenvalue weighted by Gasteiger charge is -2.29. The molecule has 2 nitrogen and oxygen atoms in total. The summed E-state index contributed by atoms with van der Waals surface area (Å²) in [6, 6.07) is 10.7. The predicted octanol–water partition coefficient (Wildman–Crippen LogP) is 4.40. The van der Waals surface area contributed by atoms with Gasteiger partial charge in [0.25, 0.3) is 0 Å². The van der Waals surface area contributed by atoms with Gasteiger partial charge in [0.15, 0.2) is 0 Å². The first-order valence-electron chi connectivity index (χ1n) is 7.78. The van der Waals surface area contributed by atoms with Gasteiger partial charge in [-0.25, -0.2) is 4.39 Å². The minimum Gasteiger partial charge on any atom is -0.334 e. The molecule has 1 aliphatic rings. The zero-order valence-corrected chi connectivity index (χ0v) is 13.3. The molecule has 4 heteroatoms. The molecule has 1 fully saturated rings. The van der Waals surface area contributed by atoms with E-state index in [1.54, 1.807) is 23.5 Å². The van der Waals surface area contributed by atoms with Crippen LogP contribution in [0.5, 0.6) is 0 Å². The van der Waals surface area contributed by atoms with Crippen molar-refractivity contribution in [3.63, 3.8) is 0 Å². The first-order chi connectivity index (χ1) is 10.7. The van der Waals surface area contributed by atoms with E-state index >= 15 is 0 Å². The van der Waals surface area contributed by atoms with Gasteiger partial charge in [-0.3, -0.25) is 4.79 Å². The lowest BCUT2D eigenvalue weighted by Crippen LogP contribution is -2.39. The molecule has 1 aromatic carbocycles. The van der Waals surface area contributed by atoms with E-state index in [0.29, 0.717) is 19.0 Å². The molecule has 1 aliphatic carbocycles. The van der Waals surface area contributed by atoms with E-state index in [2.05, 4.69) is 6.07 Å². The molecule has 3 rings (SSSR count). The zero-order valence-electron chi connectivity index (χ0n) is 12.5. The number of nitrogens with zero attached hydrogens (tertiary/aromatic N) is 1. The van der Waals surface area contributed by atoms with Crippen molar-refractivity contribution in [2.45, 2.75) is 44.7 Å². The van der Waals surface area contributed by atoms with E-state index in [4.69, 9.17) is 0 Å². The molecule has 0 saturated heterocycles. The summed E-state index contributed by atoms with van der Waals surface area (Å²) in [5.41, 5.74) is 0.876. The van der Waals surface area contributed by atoms with Crippen LogP contribution < -0.4 is 0 Å². The van der Waals surface area contributed by atoms with Crippen molar-refractivity contribution < 1.29 is 9.18 Å². The average molecular weight is 317 g/mol. The van der Waals surface area contributed by atoms with Gasteiger partial charge in [-0.2, -0.15) is 0 Å². The third kappa shape index (κ3) is 3.74. The fraction of sp³-hybridized carbons (Fsp3) is 0.389. The Balaban J connectivity index is 1.72. The Hall–Kier alpha value is -1.68. The predicted molar refractivity (Wildman–Crippen MR) is 87.2 cm³/mol. The van der Waals surface area contributed by atoms with Gasteiger partial charge in [-0.15, -0.1) is 11.3 Å². The van der Waals surface area contributed by atoms with Gasteiger partial charge >= 0.3 is 0 Å². The largest absolute Gasteiger partial charge is 0.334 e. The second kappa shape index (κ2) is 7.05. The Kier molecular flexibility index (Phi) is 4.88. The maximum Gasteiger partial charge on any atom is 0.227 e. The van der Waals surface area contributed by atoms with E-state index in [0.717, 1.165) is 18.4 Å². The molecule has 0 N–H and O–H groups in total. The minimum absolute atomic E-state index is 0.145. The third-order valence-electron chi connectivity index (χ3n) is 4.26. The van der Waals surface area contributed by atoms with Crippen LogP contribution in [0.15, 0.2) is 41.8 Å². The molecule has 0 unspecified atom stereocenters. The van der Waals surface area contributed by atoms with Crippen LogP contribution in [0.2, 0.25) is 0 Å². The van der Waals surface area contributed by atoms with Crippen molar-refractivity contribution in [1.29, 1.82) is 0 Å². The molecule has 1 heterocycles. The fourth-order valence-electron chi connectivity index (χ4n) is 3.09. The van der Waals surface area contributed by atoms with Crippen LogP contribution in [0.1, 0.15) is 36.1 Å². The monoisotopic (exact) mass is 317 g/mol. The molecule has 0 radical (unpaired) electrons. The molecule has 1 amide bonds. The second-order valence-corrected chi connectivity index (χ2v) is 6.87. The summed E-state index contributed by atoms with van der Waals surface area (Å²) in [6.45, 7) is 0.697. The lowest BCUT2D eigenvalue weighted by atomic mass is 10.1. The minimum atomic E-state index is -0.262. The number of amides is 1. The number of benzene rings is 1. The van der Waals surface area contributed by atoms with Crippen LogP contribution in [-0.4, -0.2) is 16.8 Å². The number of hydrogen-bond acceptors (Lipinski definition) is 2. The maximum absolute atomic E-state index is 13.0. The van der Waals surface area contributed by atoms with Crippen molar-refractivity contribution in [1.82, 2.24) is 4.90 Å². The molecule has 2 aromatic rings. The summed E-state index contributed by atoms with van der Waals surface area (Å²) < 4.78 is 13.0. The van der Waals surface area contributed by atoms with Crippen LogP contribution in [0.25, 0.3) is 0 Å². The summed E-state index contributed by atoms with van der Waals surface area (Å²) in [5, 5.41) is 2.05. The zero-order chi connectivity index (χ0) is 15.4. The summed E-state index contributed by atoms with van der Waals surface area (Å²) in [5.74, 6) is -0.116. The van der Waals surface area contributed by atoms with Gasteiger partial charge in [0.2, 0.25) is 5.91 Å². The Morgan fingerprint density at radius 1 is 1.18 bits per heavy atom. The number of rotatable bonds is 5. The van der Waals surface area contributed by atoms with Crippen molar-refractivity contribution in [3.8, 4) is 0 Å². The number of thiophene rings is 1. The Bertz CT molecular complexity index is 603. The Labute approximate surface area is 134 Å². The van der Waals surface area contributed by atoms with Gasteiger partial charge in [0.05, 0.1) is 13.0 Å². The highest BCUT2D eigenvalue weighted by molar-refractivity contribution is 7.09. The maximum atomic E-state index is 13.0. The summed E-state index contributed by atoms with van der Waals surface area (Å²) in [4.78, 5) is 16.0. The highest BCUT2D eigenvalue weighted by Crippen LogP contribution is 2.26. The summed E-state index contributed by atoms with van der Waals surface area (Å²) >= 11 is 1.69. The number of carbonyl (C=O) groups is 1. The standard InChI is InChI=1S/C18H20FNOS/c19-15-9-7-14(8-10-15)12-18(21)20(16-4-1-2-5-16)13-17-6-3-11-22-17/h3,6-11,16H,1-2,4-5,12-13H2. The van der Waals surface area contributed by atoms with Gasteiger partial charge in [0, 0.05) is 10.9 Å². The quantitative estimate of drug-likeness (QED) is 0.800. The summed E-state index contributed by atoms with van der Waals surface area (Å²) in [6.07, 6.45) is 4.95. The normalized spacial score (nSPS) is 15.1. The average Bonchev–Trinajstić information content (AvgIpc) is 3.20. The van der Waals surface area contributed by atoms with E-state index in [1.807, 2.05) is 16.3 Å². The lowest BCUT2D eigenvalue weighted by molar-refractivity contribution is -0.133. The van der Waals surface area contributed by atoms with Gasteiger partial charge in [-0.1, -0.05) is 31.0 Å². The molecule has 1 saturated carbocycles. The van der Waals surface area contributed by atoms with E-state index < -0.39 is 0 Å². The molecule has 22 heavy (non-hydrogen) atoms. The molecule has 0 atom stereocenters. The number of hydrogen-bond donors (Lipinski definition) is 0. The highest BCUT2D eigenvalue weighted by Gasteiger charge is 2.26. The van der Waals surface area contributed by atoms with E-state index in [-0.39, 0.29) is 11.7 Å². The second-order valence-electron chi connectivity index (χ2n) is 5.84. The molecule has 0 spiro atoms. The van der Waals surface area contributed by atoms with Crippen molar-refractivity contribution in [2.75, 3.05) is 0 Å². The third-order valence-corrected chi connectivity index (χ3v) is 5.12. The topological polar surface area (TPSA) is 20.3 Å². The van der Waals surface area contributed by atoms with Crippen molar-refractivity contribution in [3.05, 3.63) is 58.0 Å². The van der Waals surface area contributed by atoms with Crippen molar-refractivity contribution >= 4 is 17.2 Å². The van der Waals surface area contributed by atoms with Crippen LogP contribution >= 0.6 is 11.3 Å². The Morgan fingerprint density at radius 2 is 1.91 bits per heavy atom. The first kappa shape index (κ1) is 15.2. The molecular formula is C18H20FNOS. The highest BCUT2D eigenvalue weighted by atomic mass is 32.1. The molecule has 0 aliphatic heterocycles. The summed E-state index contributed by atoms with van der Waals surface area (Å²) in [7, 11) is 0. The van der Waals surface area contributed by atoms with Gasteiger partial charge in [-0.05, 0) is 42.0 Å². The van der Waals surface area contributed by atoms with Crippen LogP contribution in [0, 0.1) is 5.82 Å². The molecule has 116 valence electrons. The Morgan fingerprint density at radius 3 is 2.55 bits per heavy atom. The smallest absolute Gasteiger partial charge is 0.227 e. The fourth-order valence-corrected chi connectivity index (χ4v) is 3.79. The van der Waals surface area contributed by atoms with Crippen LogP contribution in [0.3, 0.4) is 0 Å². The van der Waals surface area contributed by atoms with Gasteiger partial charge in [0.1, 0.15) is 5.82 Å². The van der Waals surface area contributed by atoms with Gasteiger partial charge < -0.3 is 4.90 Å². The van der Waals surface area contributed by atoms with Crippen molar-refractivity contribution in [2.24, 2.45) is 0 Å². The molecular weight excluding hydrogens is 297 g/mol. The van der Waals surface area contributed by atoms with E-state index in [1.165, 1.54) is 29.9 Å². The number of halogens is 1. The van der Waals surface area contributed by atoms with Crippen LogP contribution in [0.4, 0.5) is 4.39 Å². The SMILES string of the molecule is O=C(Cc1ccc(F)cc1)N(Cc1cccs1)C1CCCC1. The first-order valence-corrected chi connectivity index (χ1v) is 8.66. The number of carbonyl (C=O) groups excluding carboxylic acids is 1. The van der Waals surface area contributed by atoms with Crippen LogP contribution in [-0.2, 0) is 17.8 Å². The van der Waals surface area contributed by atoms with E-state index in [9.17, 15) is 9.18 Å².